The van der Waals surface area contributed by atoms with Crippen molar-refractivity contribution in [2.24, 2.45) is 28.1 Å². The van der Waals surface area contributed by atoms with Crippen LogP contribution in [0.5, 0.6) is 0 Å². The molecule has 5 rings (SSSR count). The Bertz CT molecular complexity index is 2700. The van der Waals surface area contributed by atoms with Crippen molar-refractivity contribution >= 4 is 91.6 Å². The zero-order valence-corrected chi connectivity index (χ0v) is 45.9. The van der Waals surface area contributed by atoms with Crippen LogP contribution in [0.25, 0.3) is 10.9 Å². The number of rotatable bonds is 19. The molecular formula is C52H73N15O9S2. The zero-order chi connectivity index (χ0) is 56.7. The molecule has 422 valence electrons. The fraction of sp³-hybridized carbons (Fsp3) is 0.481. The Hall–Kier alpha value is -7.61. The molecule has 1 aliphatic rings. The average molecular weight is 1120 g/mol. The predicted octanol–water partition coefficient (Wildman–Crippen LogP) is -0.0126. The highest BCUT2D eigenvalue weighted by atomic mass is 33.1. The second kappa shape index (κ2) is 31.0. The van der Waals surface area contributed by atoms with E-state index in [-0.39, 0.29) is 62.5 Å². The summed E-state index contributed by atoms with van der Waals surface area (Å²) in [4.78, 5) is 141. The Labute approximate surface area is 460 Å². The molecule has 4 aromatic rings. The first-order chi connectivity index (χ1) is 37.4. The number of nitrogens with two attached hydrogens (primary N) is 3. The summed E-state index contributed by atoms with van der Waals surface area (Å²) in [5, 5.41) is 22.8. The normalized spacial score (nSPS) is 22.2. The lowest BCUT2D eigenvalue weighted by atomic mass is 9.97. The number of carbonyl (C=O) groups excluding carboxylic acids is 9. The summed E-state index contributed by atoms with van der Waals surface area (Å²) in [5.41, 5.74) is 19.5. The number of para-hydroxylation sites is 1. The van der Waals surface area contributed by atoms with Gasteiger partial charge in [0, 0.05) is 73.2 Å². The summed E-state index contributed by atoms with van der Waals surface area (Å²) in [6.07, 6.45) is 6.30. The molecule has 1 aliphatic heterocycles. The van der Waals surface area contributed by atoms with Crippen LogP contribution in [0.1, 0.15) is 83.0 Å². The average Bonchev–Trinajstić information content (AvgIpc) is 4.10. The molecule has 78 heavy (non-hydrogen) atoms. The van der Waals surface area contributed by atoms with Crippen LogP contribution in [0.3, 0.4) is 0 Å². The highest BCUT2D eigenvalue weighted by Crippen LogP contribution is 2.25. The maximum Gasteiger partial charge on any atom is 0.244 e. The number of carbonyl (C=O) groups is 9. The van der Waals surface area contributed by atoms with Crippen molar-refractivity contribution in [2.75, 3.05) is 18.1 Å². The largest absolute Gasteiger partial charge is 0.370 e. The van der Waals surface area contributed by atoms with Gasteiger partial charge in [-0.25, -0.2) is 4.98 Å². The van der Waals surface area contributed by atoms with Gasteiger partial charge < -0.3 is 69.7 Å². The number of hydrogen-bond donors (Lipinski definition) is 13. The molecule has 1 fully saturated rings. The van der Waals surface area contributed by atoms with Crippen molar-refractivity contribution < 1.29 is 43.2 Å². The van der Waals surface area contributed by atoms with Crippen LogP contribution in [0.15, 0.2) is 78.3 Å². The maximum absolute atomic E-state index is 14.8. The third-order valence-electron chi connectivity index (χ3n) is 13.0. The van der Waals surface area contributed by atoms with Crippen LogP contribution < -0.4 is 59.7 Å². The van der Waals surface area contributed by atoms with Crippen molar-refractivity contribution in [1.82, 2.24) is 57.5 Å². The molecule has 1 saturated heterocycles. The predicted molar refractivity (Wildman–Crippen MR) is 299 cm³/mol. The number of fused-ring (bicyclic) bond motifs is 1. The van der Waals surface area contributed by atoms with E-state index in [2.05, 4.69) is 62.5 Å². The number of benzene rings is 2. The quantitative estimate of drug-likeness (QED) is 0.0254. The van der Waals surface area contributed by atoms with E-state index in [0.29, 0.717) is 36.1 Å². The SMILES string of the molecule is CCCC[C@H](NC(C)=O)C(=O)N[C@H]1CSSC[C@@H](C(N)=O)NC(=O)[C@H](Cc2c[nH]c3ccccc23)NC(=O)[C@H](CCCN=C(N)N)NC(=O)[C@@H](Cc2ccccc2)NC(=O)[C@H](Cc2cnc[nH]2)NC(=O)[C@@H]([C@H](C)CC)NC1=O. The third-order valence-corrected chi connectivity index (χ3v) is 15.4. The van der Waals surface area contributed by atoms with Gasteiger partial charge in [0.15, 0.2) is 5.96 Å². The van der Waals surface area contributed by atoms with Crippen molar-refractivity contribution in [2.45, 2.75) is 134 Å². The molecule has 0 radical (unpaired) electrons. The lowest BCUT2D eigenvalue weighted by molar-refractivity contribution is -0.136. The lowest BCUT2D eigenvalue weighted by Gasteiger charge is -2.29. The first-order valence-corrected chi connectivity index (χ1v) is 28.4. The van der Waals surface area contributed by atoms with E-state index < -0.39 is 107 Å². The summed E-state index contributed by atoms with van der Waals surface area (Å²) in [6.45, 7) is 6.79. The number of nitrogens with zero attached hydrogens (tertiary/aromatic N) is 2. The van der Waals surface area contributed by atoms with E-state index in [1.165, 1.54) is 19.4 Å². The fourth-order valence-corrected chi connectivity index (χ4v) is 10.8. The smallest absolute Gasteiger partial charge is 0.244 e. The summed E-state index contributed by atoms with van der Waals surface area (Å²) in [6, 6.07) is 5.68. The van der Waals surface area contributed by atoms with E-state index >= 15 is 0 Å². The molecule has 16 N–H and O–H groups in total. The molecule has 0 spiro atoms. The molecule has 0 unspecified atom stereocenters. The number of H-pyrrole nitrogens is 2. The Balaban J connectivity index is 1.60. The summed E-state index contributed by atoms with van der Waals surface area (Å²) in [5.74, 6) is -7.77. The minimum Gasteiger partial charge on any atom is -0.370 e. The van der Waals surface area contributed by atoms with Crippen LogP contribution in [0.2, 0.25) is 0 Å². The van der Waals surface area contributed by atoms with Gasteiger partial charge in [0.1, 0.15) is 48.3 Å². The second-order valence-electron chi connectivity index (χ2n) is 19.1. The number of aliphatic imine (C=N–C) groups is 1. The monoisotopic (exact) mass is 1120 g/mol. The Morgan fingerprint density at radius 2 is 1.36 bits per heavy atom. The highest BCUT2D eigenvalue weighted by Gasteiger charge is 2.37. The summed E-state index contributed by atoms with van der Waals surface area (Å²) in [7, 11) is 2.11. The lowest BCUT2D eigenvalue weighted by Crippen LogP contribution is -2.61. The van der Waals surface area contributed by atoms with E-state index in [9.17, 15) is 43.2 Å². The summed E-state index contributed by atoms with van der Waals surface area (Å²) < 4.78 is 0. The van der Waals surface area contributed by atoms with Gasteiger partial charge in [-0.2, -0.15) is 0 Å². The van der Waals surface area contributed by atoms with Crippen LogP contribution in [0, 0.1) is 5.92 Å². The van der Waals surface area contributed by atoms with E-state index in [0.717, 1.165) is 32.5 Å². The number of guanidine groups is 1. The van der Waals surface area contributed by atoms with Gasteiger partial charge in [-0.1, -0.05) is 110 Å². The Morgan fingerprint density at radius 3 is 2.01 bits per heavy atom. The Morgan fingerprint density at radius 1 is 0.731 bits per heavy atom. The standard InChI is InChI=1S/C52H73N15O9S2/c1-5-7-17-36(60-30(4)68)45(70)66-42-27-78-77-26-41(44(53)69)65-48(73)39(22-32-24-58-35-18-12-11-16-34(32)35)63-46(71)37(19-13-20-57-52(54)55)61-47(72)38(21-31-14-9-8-10-15-31)62-49(74)40(23-33-25-56-28-59-33)64-51(76)43(29(3)6-2)67-50(42)75/h8-12,14-16,18,24-25,28-29,36-43,58H,5-7,13,17,19-23,26-27H2,1-4H3,(H2,53,69)(H,56,59)(H,60,68)(H,61,72)(H,62,74)(H,63,71)(H,64,76)(H,65,73)(H,66,70)(H,67,75)(H4,54,55,57)/t29-,36+,37+,38-,39+,40+,41+,42+,43-/m1/s1. The Kier molecular flexibility index (Phi) is 24.3. The van der Waals surface area contributed by atoms with Gasteiger partial charge in [0.05, 0.1) is 6.33 Å². The molecule has 0 saturated carbocycles. The van der Waals surface area contributed by atoms with Gasteiger partial charge in [0.2, 0.25) is 53.2 Å². The molecule has 2 aromatic carbocycles. The van der Waals surface area contributed by atoms with Crippen LogP contribution in [-0.2, 0) is 62.4 Å². The molecule has 26 heteroatoms. The van der Waals surface area contributed by atoms with E-state index in [4.69, 9.17) is 17.2 Å². The number of aromatic nitrogens is 3. The van der Waals surface area contributed by atoms with Crippen LogP contribution in [-0.4, -0.2) is 140 Å². The van der Waals surface area contributed by atoms with Gasteiger partial charge in [-0.3, -0.25) is 48.1 Å². The summed E-state index contributed by atoms with van der Waals surface area (Å²) >= 11 is 0. The minimum atomic E-state index is -1.38. The van der Waals surface area contributed by atoms with Crippen molar-refractivity contribution in [3.8, 4) is 0 Å². The minimum absolute atomic E-state index is 0.0468. The number of hydrogen-bond acceptors (Lipinski definition) is 13. The number of aromatic amines is 2. The number of imidazole rings is 1. The number of primary amides is 1. The number of unbranched alkanes of at least 4 members (excludes halogenated alkanes) is 1. The van der Waals surface area contributed by atoms with E-state index in [1.807, 2.05) is 31.2 Å². The van der Waals surface area contributed by atoms with Crippen molar-refractivity contribution in [1.29, 1.82) is 0 Å². The van der Waals surface area contributed by atoms with Crippen molar-refractivity contribution in [3.63, 3.8) is 0 Å². The molecule has 3 heterocycles. The molecule has 9 amide bonds. The topological polar surface area (TPSA) is 385 Å². The molecule has 0 bridgehead atoms. The maximum atomic E-state index is 14.8. The highest BCUT2D eigenvalue weighted by molar-refractivity contribution is 8.76. The van der Waals surface area contributed by atoms with Crippen LogP contribution in [0.4, 0.5) is 0 Å². The first-order valence-electron chi connectivity index (χ1n) is 25.9. The molecular weight excluding hydrogens is 1040 g/mol. The number of nitrogens with one attached hydrogen (secondary N) is 10. The fourth-order valence-electron chi connectivity index (χ4n) is 8.50. The molecule has 24 nitrogen and oxygen atoms in total. The van der Waals surface area contributed by atoms with Gasteiger partial charge in [-0.05, 0) is 42.4 Å². The van der Waals surface area contributed by atoms with Crippen molar-refractivity contribution in [3.05, 3.63) is 90.1 Å². The van der Waals surface area contributed by atoms with Gasteiger partial charge >= 0.3 is 0 Å². The van der Waals surface area contributed by atoms with E-state index in [1.54, 1.807) is 50.4 Å². The van der Waals surface area contributed by atoms with Gasteiger partial charge in [0.25, 0.3) is 0 Å². The zero-order valence-electron chi connectivity index (χ0n) is 44.2. The van der Waals surface area contributed by atoms with Gasteiger partial charge in [-0.15, -0.1) is 0 Å². The molecule has 0 aliphatic carbocycles. The molecule has 2 aromatic heterocycles. The molecule has 9 atom stereocenters. The van der Waals surface area contributed by atoms with Crippen LogP contribution >= 0.6 is 21.6 Å². The first kappa shape index (κ1) is 61.2. The number of amides is 9. The second-order valence-corrected chi connectivity index (χ2v) is 21.6. The third kappa shape index (κ3) is 19.1.